The van der Waals surface area contributed by atoms with Gasteiger partial charge < -0.3 is 10.1 Å². The van der Waals surface area contributed by atoms with Gasteiger partial charge in [-0.25, -0.2) is 0 Å². The summed E-state index contributed by atoms with van der Waals surface area (Å²) in [6, 6.07) is 0.528. The van der Waals surface area contributed by atoms with Crippen molar-refractivity contribution in [3.8, 4) is 0 Å². The van der Waals surface area contributed by atoms with Gasteiger partial charge in [-0.15, -0.1) is 0 Å². The first-order chi connectivity index (χ1) is 7.18. The highest BCUT2D eigenvalue weighted by atomic mass is 16.5. The van der Waals surface area contributed by atoms with Crippen LogP contribution in [0, 0.1) is 5.92 Å². The normalized spacial score (nSPS) is 24.0. The predicted octanol–water partition coefficient (Wildman–Crippen LogP) is 2.97. The van der Waals surface area contributed by atoms with Crippen LogP contribution in [0.5, 0.6) is 0 Å². The minimum atomic E-state index is 0.123. The van der Waals surface area contributed by atoms with Gasteiger partial charge >= 0.3 is 0 Å². The number of nitrogens with one attached hydrogen (secondary N) is 1. The highest BCUT2D eigenvalue weighted by molar-refractivity contribution is 4.96. The molecule has 0 amide bonds. The molecule has 2 heteroatoms. The molecule has 2 atom stereocenters. The van der Waals surface area contributed by atoms with Crippen LogP contribution in [-0.4, -0.2) is 25.8 Å². The van der Waals surface area contributed by atoms with Gasteiger partial charge in [0, 0.05) is 13.2 Å². The monoisotopic (exact) mass is 213 g/mol. The molecule has 1 aliphatic rings. The number of rotatable bonds is 6. The Morgan fingerprint density at radius 1 is 1.33 bits per heavy atom. The summed E-state index contributed by atoms with van der Waals surface area (Å²) in [5.74, 6) is 0.787. The molecule has 0 spiro atoms. The fraction of sp³-hybridized carbons (Fsp3) is 1.00. The first-order valence-electron chi connectivity index (χ1n) is 6.41. The Labute approximate surface area is 94.8 Å². The van der Waals surface area contributed by atoms with E-state index in [-0.39, 0.29) is 5.60 Å². The highest BCUT2D eigenvalue weighted by Gasteiger charge is 2.40. The lowest BCUT2D eigenvalue weighted by Gasteiger charge is -2.37. The van der Waals surface area contributed by atoms with Crippen LogP contribution in [0.1, 0.15) is 52.4 Å². The summed E-state index contributed by atoms with van der Waals surface area (Å²) in [5.41, 5.74) is 0.123. The van der Waals surface area contributed by atoms with E-state index >= 15 is 0 Å². The average molecular weight is 213 g/mol. The van der Waals surface area contributed by atoms with E-state index in [4.69, 9.17) is 4.74 Å². The molecule has 0 aromatic carbocycles. The van der Waals surface area contributed by atoms with Crippen molar-refractivity contribution in [1.29, 1.82) is 0 Å². The van der Waals surface area contributed by atoms with Crippen molar-refractivity contribution < 1.29 is 4.74 Å². The molecule has 0 aliphatic heterocycles. The minimum absolute atomic E-state index is 0.123. The van der Waals surface area contributed by atoms with Crippen LogP contribution < -0.4 is 5.32 Å². The molecule has 0 radical (unpaired) electrons. The molecule has 0 aromatic rings. The molecule has 0 bridgehead atoms. The topological polar surface area (TPSA) is 21.3 Å². The van der Waals surface area contributed by atoms with Crippen LogP contribution in [0.15, 0.2) is 0 Å². The van der Waals surface area contributed by atoms with E-state index in [9.17, 15) is 0 Å². The zero-order valence-corrected chi connectivity index (χ0v) is 10.8. The SMILES string of the molecule is CCC(C)CC(NC)C1(OC)CCCC1. The van der Waals surface area contributed by atoms with Crippen LogP contribution in [0.4, 0.5) is 0 Å². The maximum absolute atomic E-state index is 5.83. The molecule has 1 aliphatic carbocycles. The Kier molecular flexibility index (Phi) is 5.07. The lowest BCUT2D eigenvalue weighted by Crippen LogP contribution is -2.49. The smallest absolute Gasteiger partial charge is 0.0830 e. The summed E-state index contributed by atoms with van der Waals surface area (Å²) in [6.45, 7) is 4.61. The Balaban J connectivity index is 2.62. The van der Waals surface area contributed by atoms with Gasteiger partial charge in [-0.05, 0) is 32.2 Å². The van der Waals surface area contributed by atoms with Gasteiger partial charge in [-0.1, -0.05) is 33.1 Å². The molecule has 0 heterocycles. The molecular formula is C13H27NO. The summed E-state index contributed by atoms with van der Waals surface area (Å²) in [6.07, 6.45) is 7.61. The number of ether oxygens (including phenoxy) is 1. The second-order valence-corrected chi connectivity index (χ2v) is 5.07. The fourth-order valence-electron chi connectivity index (χ4n) is 2.83. The van der Waals surface area contributed by atoms with E-state index in [2.05, 4.69) is 26.2 Å². The van der Waals surface area contributed by atoms with Crippen LogP contribution in [-0.2, 0) is 4.74 Å². The molecule has 90 valence electrons. The lowest BCUT2D eigenvalue weighted by atomic mass is 9.85. The van der Waals surface area contributed by atoms with Crippen molar-refractivity contribution >= 4 is 0 Å². The van der Waals surface area contributed by atoms with Gasteiger partial charge in [0.25, 0.3) is 0 Å². The third kappa shape index (κ3) is 2.94. The summed E-state index contributed by atoms with van der Waals surface area (Å²) < 4.78 is 5.83. The van der Waals surface area contributed by atoms with Crippen LogP contribution in [0.25, 0.3) is 0 Å². The lowest BCUT2D eigenvalue weighted by molar-refractivity contribution is -0.0393. The molecular weight excluding hydrogens is 186 g/mol. The number of methoxy groups -OCH3 is 1. The summed E-state index contributed by atoms with van der Waals surface area (Å²) in [5, 5.41) is 3.48. The quantitative estimate of drug-likeness (QED) is 0.732. The standard InChI is InChI=1S/C13H27NO/c1-5-11(2)10-12(14-3)13(15-4)8-6-7-9-13/h11-12,14H,5-10H2,1-4H3. The van der Waals surface area contributed by atoms with Crippen molar-refractivity contribution in [1.82, 2.24) is 5.32 Å². The Bertz CT molecular complexity index is 175. The molecule has 1 N–H and O–H groups in total. The summed E-state index contributed by atoms with van der Waals surface area (Å²) in [4.78, 5) is 0. The van der Waals surface area contributed by atoms with Gasteiger partial charge in [0.05, 0.1) is 5.60 Å². The van der Waals surface area contributed by atoms with Crippen molar-refractivity contribution in [3.05, 3.63) is 0 Å². The molecule has 0 aromatic heterocycles. The summed E-state index contributed by atoms with van der Waals surface area (Å²) in [7, 11) is 3.96. The Hall–Kier alpha value is -0.0800. The highest BCUT2D eigenvalue weighted by Crippen LogP contribution is 2.37. The van der Waals surface area contributed by atoms with E-state index < -0.39 is 0 Å². The second-order valence-electron chi connectivity index (χ2n) is 5.07. The maximum Gasteiger partial charge on any atom is 0.0830 e. The van der Waals surface area contributed by atoms with Crippen LogP contribution in [0.2, 0.25) is 0 Å². The first kappa shape index (κ1) is 13.0. The van der Waals surface area contributed by atoms with Crippen molar-refractivity contribution in [3.63, 3.8) is 0 Å². The minimum Gasteiger partial charge on any atom is -0.377 e. The number of hydrogen-bond acceptors (Lipinski definition) is 2. The van der Waals surface area contributed by atoms with Gasteiger partial charge in [0.2, 0.25) is 0 Å². The molecule has 1 rings (SSSR count). The maximum atomic E-state index is 5.83. The van der Waals surface area contributed by atoms with E-state index in [1.165, 1.54) is 38.5 Å². The third-order valence-corrected chi connectivity index (χ3v) is 4.17. The third-order valence-electron chi connectivity index (χ3n) is 4.17. The van der Waals surface area contributed by atoms with Crippen LogP contribution >= 0.6 is 0 Å². The van der Waals surface area contributed by atoms with Crippen molar-refractivity contribution in [2.45, 2.75) is 64.0 Å². The zero-order chi connectivity index (χ0) is 11.3. The average Bonchev–Trinajstić information content (AvgIpc) is 2.75. The fourth-order valence-corrected chi connectivity index (χ4v) is 2.83. The van der Waals surface area contributed by atoms with Crippen molar-refractivity contribution in [2.24, 2.45) is 5.92 Å². The van der Waals surface area contributed by atoms with E-state index in [0.717, 1.165) is 5.92 Å². The largest absolute Gasteiger partial charge is 0.377 e. The van der Waals surface area contributed by atoms with E-state index in [1.54, 1.807) is 0 Å². The Morgan fingerprint density at radius 2 is 1.93 bits per heavy atom. The summed E-state index contributed by atoms with van der Waals surface area (Å²) >= 11 is 0. The number of hydrogen-bond donors (Lipinski definition) is 1. The van der Waals surface area contributed by atoms with Crippen LogP contribution in [0.3, 0.4) is 0 Å². The predicted molar refractivity (Wildman–Crippen MR) is 65.1 cm³/mol. The Morgan fingerprint density at radius 3 is 2.33 bits per heavy atom. The molecule has 15 heavy (non-hydrogen) atoms. The first-order valence-corrected chi connectivity index (χ1v) is 6.41. The molecule has 2 unspecified atom stereocenters. The van der Waals surface area contributed by atoms with E-state index in [0.29, 0.717) is 6.04 Å². The molecule has 1 saturated carbocycles. The number of likely N-dealkylation sites (N-methyl/N-ethyl adjacent to an activating group) is 1. The van der Waals surface area contributed by atoms with Gasteiger partial charge in [-0.3, -0.25) is 0 Å². The molecule has 2 nitrogen and oxygen atoms in total. The molecule has 1 fully saturated rings. The molecule has 0 saturated heterocycles. The van der Waals surface area contributed by atoms with E-state index in [1.807, 2.05) is 7.11 Å². The zero-order valence-electron chi connectivity index (χ0n) is 10.8. The van der Waals surface area contributed by atoms with Gasteiger partial charge in [0.15, 0.2) is 0 Å². The van der Waals surface area contributed by atoms with Crippen molar-refractivity contribution in [2.75, 3.05) is 14.2 Å². The van der Waals surface area contributed by atoms with Gasteiger partial charge in [-0.2, -0.15) is 0 Å². The second kappa shape index (κ2) is 5.86. The van der Waals surface area contributed by atoms with Gasteiger partial charge in [0.1, 0.15) is 0 Å².